The third-order valence-corrected chi connectivity index (χ3v) is 3.09. The first-order chi connectivity index (χ1) is 8.45. The number of carbonyl (C=O) groups is 2. The molecule has 18 heavy (non-hydrogen) atoms. The Morgan fingerprint density at radius 3 is 2.61 bits per heavy atom. The zero-order valence-corrected chi connectivity index (χ0v) is 11.1. The van der Waals surface area contributed by atoms with Crippen molar-refractivity contribution in [2.24, 2.45) is 5.92 Å². The Bertz CT molecular complexity index is 448. The van der Waals surface area contributed by atoms with Crippen LogP contribution in [0.4, 0.5) is 0 Å². The molecule has 2 N–H and O–H groups in total. The van der Waals surface area contributed by atoms with Gasteiger partial charge >= 0.3 is 5.97 Å². The van der Waals surface area contributed by atoms with Gasteiger partial charge in [-0.1, -0.05) is 37.9 Å². The largest absolute Gasteiger partial charge is 0.480 e. The molecular weight excluding hydrogens is 254 g/mol. The molecule has 0 aliphatic rings. The van der Waals surface area contributed by atoms with E-state index < -0.39 is 17.9 Å². The number of carbonyl (C=O) groups excluding carboxylic acids is 1. The van der Waals surface area contributed by atoms with Crippen LogP contribution in [-0.2, 0) is 4.79 Å². The van der Waals surface area contributed by atoms with E-state index in [0.717, 1.165) is 0 Å². The van der Waals surface area contributed by atoms with E-state index in [9.17, 15) is 9.59 Å². The number of hydrogen-bond donors (Lipinski definition) is 2. The predicted octanol–water partition coefficient (Wildman–Crippen LogP) is 2.57. The number of amides is 1. The number of benzene rings is 1. The summed E-state index contributed by atoms with van der Waals surface area (Å²) in [4.78, 5) is 23.0. The molecule has 0 aliphatic heterocycles. The standard InChI is InChI=1S/C13H16ClNO3/c1-3-8(2)11(13(17)18)15-12(16)9-5-4-6-10(14)7-9/h4-8,11H,3H2,1-2H3,(H,15,16)(H,17,18). The summed E-state index contributed by atoms with van der Waals surface area (Å²) in [5.74, 6) is -1.59. The van der Waals surface area contributed by atoms with Crippen LogP contribution in [0.5, 0.6) is 0 Å². The van der Waals surface area contributed by atoms with Gasteiger partial charge in [-0.3, -0.25) is 4.79 Å². The Morgan fingerprint density at radius 2 is 2.11 bits per heavy atom. The molecule has 0 bridgehead atoms. The molecule has 98 valence electrons. The lowest BCUT2D eigenvalue weighted by atomic mass is 9.99. The molecule has 1 aromatic carbocycles. The van der Waals surface area contributed by atoms with Crippen molar-refractivity contribution in [3.63, 3.8) is 0 Å². The molecule has 5 heteroatoms. The second-order valence-corrected chi connectivity index (χ2v) is 4.62. The Morgan fingerprint density at radius 1 is 1.44 bits per heavy atom. The van der Waals surface area contributed by atoms with Gasteiger partial charge in [-0.05, 0) is 24.1 Å². The summed E-state index contributed by atoms with van der Waals surface area (Å²) in [6, 6.07) is 5.52. The first kappa shape index (κ1) is 14.5. The average Bonchev–Trinajstić information content (AvgIpc) is 2.34. The molecule has 1 rings (SSSR count). The highest BCUT2D eigenvalue weighted by molar-refractivity contribution is 6.30. The molecule has 0 saturated heterocycles. The quantitative estimate of drug-likeness (QED) is 0.863. The lowest BCUT2D eigenvalue weighted by Crippen LogP contribution is -2.45. The van der Waals surface area contributed by atoms with Gasteiger partial charge in [0.1, 0.15) is 6.04 Å². The Balaban J connectivity index is 2.82. The summed E-state index contributed by atoms with van der Waals surface area (Å²) in [7, 11) is 0. The Labute approximate surface area is 111 Å². The molecule has 0 saturated carbocycles. The lowest BCUT2D eigenvalue weighted by Gasteiger charge is -2.20. The van der Waals surface area contributed by atoms with Crippen LogP contribution in [0.2, 0.25) is 5.02 Å². The maximum Gasteiger partial charge on any atom is 0.326 e. The molecule has 0 heterocycles. The van der Waals surface area contributed by atoms with E-state index in [2.05, 4.69) is 5.32 Å². The van der Waals surface area contributed by atoms with E-state index >= 15 is 0 Å². The molecule has 0 spiro atoms. The highest BCUT2D eigenvalue weighted by atomic mass is 35.5. The molecule has 1 amide bonds. The molecular formula is C13H16ClNO3. The van der Waals surface area contributed by atoms with Gasteiger partial charge in [0, 0.05) is 10.6 Å². The van der Waals surface area contributed by atoms with Crippen LogP contribution < -0.4 is 5.32 Å². The van der Waals surface area contributed by atoms with E-state index in [1.165, 1.54) is 6.07 Å². The number of nitrogens with one attached hydrogen (secondary N) is 1. The van der Waals surface area contributed by atoms with Crippen LogP contribution in [0.1, 0.15) is 30.6 Å². The van der Waals surface area contributed by atoms with Gasteiger partial charge in [-0.15, -0.1) is 0 Å². The molecule has 1 aromatic rings. The summed E-state index contributed by atoms with van der Waals surface area (Å²) in [6.45, 7) is 3.67. The van der Waals surface area contributed by atoms with Crippen molar-refractivity contribution in [1.82, 2.24) is 5.32 Å². The van der Waals surface area contributed by atoms with Crippen molar-refractivity contribution in [2.45, 2.75) is 26.3 Å². The highest BCUT2D eigenvalue weighted by Crippen LogP contribution is 2.12. The molecule has 0 fully saturated rings. The molecule has 4 nitrogen and oxygen atoms in total. The van der Waals surface area contributed by atoms with E-state index in [-0.39, 0.29) is 5.92 Å². The first-order valence-electron chi connectivity index (χ1n) is 5.75. The van der Waals surface area contributed by atoms with Gasteiger partial charge in [0.25, 0.3) is 5.91 Å². The smallest absolute Gasteiger partial charge is 0.326 e. The first-order valence-corrected chi connectivity index (χ1v) is 6.12. The maximum absolute atomic E-state index is 11.9. The number of carboxylic acids is 1. The minimum atomic E-state index is -1.03. The molecule has 2 unspecified atom stereocenters. The van der Waals surface area contributed by atoms with Crippen molar-refractivity contribution in [2.75, 3.05) is 0 Å². The Kier molecular flexibility index (Phi) is 5.16. The van der Waals surface area contributed by atoms with Gasteiger partial charge in [-0.2, -0.15) is 0 Å². The lowest BCUT2D eigenvalue weighted by molar-refractivity contribution is -0.140. The maximum atomic E-state index is 11.9. The minimum Gasteiger partial charge on any atom is -0.480 e. The van der Waals surface area contributed by atoms with Gasteiger partial charge < -0.3 is 10.4 Å². The zero-order chi connectivity index (χ0) is 13.7. The van der Waals surface area contributed by atoms with Crippen LogP contribution >= 0.6 is 11.6 Å². The van der Waals surface area contributed by atoms with E-state index in [4.69, 9.17) is 16.7 Å². The van der Waals surface area contributed by atoms with Crippen molar-refractivity contribution >= 4 is 23.5 Å². The summed E-state index contributed by atoms with van der Waals surface area (Å²) >= 11 is 5.78. The molecule has 0 aromatic heterocycles. The number of carboxylic acid groups (broad SMARTS) is 1. The highest BCUT2D eigenvalue weighted by Gasteiger charge is 2.25. The monoisotopic (exact) mass is 269 g/mol. The summed E-state index contributed by atoms with van der Waals surface area (Å²) < 4.78 is 0. The summed E-state index contributed by atoms with van der Waals surface area (Å²) in [6.07, 6.45) is 0.673. The van der Waals surface area contributed by atoms with Gasteiger partial charge in [0.15, 0.2) is 0 Å². The second kappa shape index (κ2) is 6.40. The fourth-order valence-corrected chi connectivity index (χ4v) is 1.73. The van der Waals surface area contributed by atoms with E-state index in [1.807, 2.05) is 6.92 Å². The van der Waals surface area contributed by atoms with E-state index in [0.29, 0.717) is 17.0 Å². The Hall–Kier alpha value is -1.55. The van der Waals surface area contributed by atoms with Gasteiger partial charge in [-0.25, -0.2) is 4.79 Å². The fraction of sp³-hybridized carbons (Fsp3) is 0.385. The second-order valence-electron chi connectivity index (χ2n) is 4.19. The van der Waals surface area contributed by atoms with Gasteiger partial charge in [0.2, 0.25) is 0 Å². The van der Waals surface area contributed by atoms with Crippen LogP contribution in [0, 0.1) is 5.92 Å². The summed E-state index contributed by atoms with van der Waals surface area (Å²) in [5.41, 5.74) is 0.358. The molecule has 2 atom stereocenters. The van der Waals surface area contributed by atoms with Crippen molar-refractivity contribution in [3.8, 4) is 0 Å². The third kappa shape index (κ3) is 3.74. The fourth-order valence-electron chi connectivity index (χ4n) is 1.54. The summed E-state index contributed by atoms with van der Waals surface area (Å²) in [5, 5.41) is 12.0. The van der Waals surface area contributed by atoms with Crippen LogP contribution in [0.15, 0.2) is 24.3 Å². The zero-order valence-electron chi connectivity index (χ0n) is 10.3. The van der Waals surface area contributed by atoms with Crippen LogP contribution in [-0.4, -0.2) is 23.0 Å². The van der Waals surface area contributed by atoms with Crippen LogP contribution in [0.3, 0.4) is 0 Å². The number of hydrogen-bond acceptors (Lipinski definition) is 2. The van der Waals surface area contributed by atoms with Gasteiger partial charge in [0.05, 0.1) is 0 Å². The number of rotatable bonds is 5. The SMILES string of the molecule is CCC(C)C(NC(=O)c1cccc(Cl)c1)C(=O)O. The average molecular weight is 270 g/mol. The number of halogens is 1. The van der Waals surface area contributed by atoms with Crippen molar-refractivity contribution < 1.29 is 14.7 Å². The van der Waals surface area contributed by atoms with E-state index in [1.54, 1.807) is 25.1 Å². The van der Waals surface area contributed by atoms with Crippen LogP contribution in [0.25, 0.3) is 0 Å². The predicted molar refractivity (Wildman–Crippen MR) is 69.8 cm³/mol. The molecule has 0 aliphatic carbocycles. The van der Waals surface area contributed by atoms with Crippen molar-refractivity contribution in [3.05, 3.63) is 34.9 Å². The third-order valence-electron chi connectivity index (χ3n) is 2.85. The normalized spacial score (nSPS) is 13.7. The van der Waals surface area contributed by atoms with Crippen molar-refractivity contribution in [1.29, 1.82) is 0 Å². The number of aliphatic carboxylic acids is 1. The topological polar surface area (TPSA) is 66.4 Å². The molecule has 0 radical (unpaired) electrons. The minimum absolute atomic E-state index is 0.134.